The van der Waals surface area contributed by atoms with Gasteiger partial charge in [-0.15, -0.1) is 0 Å². The van der Waals surface area contributed by atoms with Crippen molar-refractivity contribution in [3.63, 3.8) is 0 Å². The van der Waals surface area contributed by atoms with E-state index in [0.29, 0.717) is 35.0 Å². The highest BCUT2D eigenvalue weighted by Gasteiger charge is 2.24. The number of anilines is 7. The van der Waals surface area contributed by atoms with Crippen molar-refractivity contribution in [2.75, 3.05) is 77.5 Å². The van der Waals surface area contributed by atoms with Crippen molar-refractivity contribution in [3.05, 3.63) is 138 Å². The maximum absolute atomic E-state index is 13.5. The first-order valence-electron chi connectivity index (χ1n) is 28.9. The molecule has 0 spiro atoms. The summed E-state index contributed by atoms with van der Waals surface area (Å²) in [6.45, 7) is 5.51. The van der Waals surface area contributed by atoms with Crippen LogP contribution in [-0.4, -0.2) is 151 Å². The number of nitrogens with one attached hydrogen (secondary N) is 10. The minimum atomic E-state index is -0.631. The van der Waals surface area contributed by atoms with Crippen LogP contribution in [0, 0.1) is 0 Å². The van der Waals surface area contributed by atoms with Gasteiger partial charge >= 0.3 is 0 Å². The van der Waals surface area contributed by atoms with Gasteiger partial charge in [0.15, 0.2) is 11.6 Å². The van der Waals surface area contributed by atoms with Gasteiger partial charge in [0, 0.05) is 144 Å². The zero-order valence-electron chi connectivity index (χ0n) is 52.4. The van der Waals surface area contributed by atoms with Crippen LogP contribution in [0.3, 0.4) is 0 Å². The number of imidazole rings is 2. The first kappa shape index (κ1) is 65.7. The topological polar surface area (TPSA) is 359 Å². The molecular weight excluding hydrogens is 1170 g/mol. The van der Waals surface area contributed by atoms with E-state index < -0.39 is 53.2 Å². The Hall–Kier alpha value is -11.2. The van der Waals surface area contributed by atoms with E-state index in [-0.39, 0.29) is 102 Å². The minimum absolute atomic E-state index is 0.00614. The molecule has 8 aromatic rings. The van der Waals surface area contributed by atoms with Gasteiger partial charge in [-0.25, -0.2) is 9.97 Å². The van der Waals surface area contributed by atoms with E-state index in [1.165, 1.54) is 71.6 Å². The number of nitrogens with zero attached hydrogens (tertiary/aromatic N) is 11. The van der Waals surface area contributed by atoms with Gasteiger partial charge in [0.25, 0.3) is 47.3 Å². The van der Waals surface area contributed by atoms with Gasteiger partial charge in [0.1, 0.15) is 34.2 Å². The second kappa shape index (κ2) is 28.7. The molecule has 0 aliphatic heterocycles. The fourth-order valence-electron chi connectivity index (χ4n) is 9.79. The van der Waals surface area contributed by atoms with Crippen LogP contribution < -0.4 is 53.2 Å². The molecule has 0 saturated carbocycles. The number of rotatable bonds is 27. The molecule has 8 rings (SSSR count). The maximum atomic E-state index is 13.5. The Morgan fingerprint density at radius 2 is 0.769 bits per heavy atom. The number of hydrogen-bond acceptors (Lipinski definition) is 13. The van der Waals surface area contributed by atoms with Crippen LogP contribution in [0.25, 0.3) is 0 Å². The molecule has 91 heavy (non-hydrogen) atoms. The highest BCUT2D eigenvalue weighted by atomic mass is 16.2. The van der Waals surface area contributed by atoms with Crippen molar-refractivity contribution < 1.29 is 47.9 Å². The summed E-state index contributed by atoms with van der Waals surface area (Å²) in [5.41, 5.74) is 3.32. The summed E-state index contributed by atoms with van der Waals surface area (Å²) in [7, 11) is 15.3. The fraction of sp³-hybridized carbons (Fsp3) is 0.333. The molecule has 10 N–H and O–H groups in total. The molecule has 0 aromatic carbocycles. The molecule has 0 atom stereocenters. The lowest BCUT2D eigenvalue weighted by Gasteiger charge is -2.10. The van der Waals surface area contributed by atoms with Crippen molar-refractivity contribution in [2.45, 2.75) is 45.6 Å². The standard InChI is InChI=1S/C60H75N21O10/c1-35(2)81-21-19-62-51(81)59(90)69-40-26-46(78(9)32-40)57(88)67-38-24-44(76(7)30-38)55(86)65-36-22-42(74(5)28-36)53(84)63-16-12-14-50(83)71-48-34-80(11)52(72-48)60(91)70-41-27-47(79(10)33-41)58(89)68-39-25-45(77(8)31-39)56(87)66-37-23-43(75(6)29-37)54(85)64-18-15-49(82)61-17-13-20-73(3)4/h19,21-35H,12-18,20H2,1-11H3,(H,61,82)(H,63,84)(H,64,85)(H,65,86)(H,66,87)(H,67,88)(H,68,89)(H,69,90)(H,70,91)(H,71,83). The second-order valence-electron chi connectivity index (χ2n) is 22.3. The van der Waals surface area contributed by atoms with E-state index in [0.717, 1.165) is 13.0 Å². The monoisotopic (exact) mass is 1250 g/mol. The van der Waals surface area contributed by atoms with Gasteiger partial charge in [-0.05, 0) is 83.7 Å². The molecule has 8 heterocycles. The summed E-state index contributed by atoms with van der Waals surface area (Å²) < 4.78 is 12.4. The van der Waals surface area contributed by atoms with E-state index >= 15 is 0 Å². The predicted molar refractivity (Wildman–Crippen MR) is 339 cm³/mol. The Morgan fingerprint density at radius 3 is 1.16 bits per heavy atom. The molecule has 0 saturated heterocycles. The molecule has 0 aliphatic rings. The molecule has 8 aromatic heterocycles. The number of carbonyl (C=O) groups is 10. The lowest BCUT2D eigenvalue weighted by atomic mass is 10.3. The molecule has 31 heteroatoms. The van der Waals surface area contributed by atoms with E-state index in [2.05, 4.69) is 63.1 Å². The second-order valence-corrected chi connectivity index (χ2v) is 22.3. The van der Waals surface area contributed by atoms with E-state index in [1.54, 1.807) is 106 Å². The van der Waals surface area contributed by atoms with Crippen molar-refractivity contribution >= 4 is 99.0 Å². The molecule has 31 nitrogen and oxygen atoms in total. The van der Waals surface area contributed by atoms with Crippen molar-refractivity contribution in [3.8, 4) is 0 Å². The van der Waals surface area contributed by atoms with Crippen LogP contribution in [0.1, 0.15) is 130 Å². The van der Waals surface area contributed by atoms with E-state index in [9.17, 15) is 47.9 Å². The summed E-state index contributed by atoms with van der Waals surface area (Å²) in [5, 5.41) is 27.6. The lowest BCUT2D eigenvalue weighted by Crippen LogP contribution is -2.32. The molecule has 480 valence electrons. The molecule has 0 aliphatic carbocycles. The van der Waals surface area contributed by atoms with Crippen LogP contribution in [-0.2, 0) is 58.9 Å². The Balaban J connectivity index is 0.748. The molecule has 0 bridgehead atoms. The Morgan fingerprint density at radius 1 is 0.407 bits per heavy atom. The maximum Gasteiger partial charge on any atom is 0.291 e. The van der Waals surface area contributed by atoms with Crippen LogP contribution in [0.4, 0.5) is 39.9 Å². The van der Waals surface area contributed by atoms with Crippen LogP contribution in [0.5, 0.6) is 0 Å². The van der Waals surface area contributed by atoms with Gasteiger partial charge in [-0.2, -0.15) is 0 Å². The highest BCUT2D eigenvalue weighted by Crippen LogP contribution is 2.23. The molecular formula is C60H75N21O10. The molecule has 0 fully saturated rings. The summed E-state index contributed by atoms with van der Waals surface area (Å²) in [4.78, 5) is 142. The Kier molecular flexibility index (Phi) is 20.7. The summed E-state index contributed by atoms with van der Waals surface area (Å²) >= 11 is 0. The van der Waals surface area contributed by atoms with Gasteiger partial charge in [0.05, 0.1) is 34.1 Å². The number of aromatic nitrogens is 10. The van der Waals surface area contributed by atoms with Gasteiger partial charge in [0.2, 0.25) is 17.6 Å². The predicted octanol–water partition coefficient (Wildman–Crippen LogP) is 4.08. The number of amides is 10. The quantitative estimate of drug-likeness (QED) is 0.0325. The third-order valence-electron chi connectivity index (χ3n) is 14.4. The third kappa shape index (κ3) is 16.7. The first-order chi connectivity index (χ1) is 43.2. The Bertz CT molecular complexity index is 4080. The minimum Gasteiger partial charge on any atom is -0.356 e. The number of carbonyl (C=O) groups excluding carboxylic acids is 10. The smallest absolute Gasteiger partial charge is 0.291 e. The van der Waals surface area contributed by atoms with Gasteiger partial charge in [-0.1, -0.05) is 0 Å². The molecule has 0 radical (unpaired) electrons. The van der Waals surface area contributed by atoms with Gasteiger partial charge in [-0.3, -0.25) is 47.9 Å². The summed E-state index contributed by atoms with van der Waals surface area (Å²) in [5.74, 6) is -4.27. The van der Waals surface area contributed by atoms with Crippen LogP contribution >= 0.6 is 0 Å². The van der Waals surface area contributed by atoms with E-state index in [4.69, 9.17) is 0 Å². The highest BCUT2D eigenvalue weighted by molar-refractivity contribution is 6.10. The largest absolute Gasteiger partial charge is 0.356 e. The Labute approximate surface area is 522 Å². The third-order valence-corrected chi connectivity index (χ3v) is 14.4. The zero-order chi connectivity index (χ0) is 66.0. The number of hydrogen-bond donors (Lipinski definition) is 10. The summed E-state index contributed by atoms with van der Waals surface area (Å²) in [6, 6.07) is 9.01. The summed E-state index contributed by atoms with van der Waals surface area (Å²) in [6.07, 6.45) is 15.3. The van der Waals surface area contributed by atoms with Crippen molar-refractivity contribution in [2.24, 2.45) is 49.3 Å². The van der Waals surface area contributed by atoms with Crippen molar-refractivity contribution in [1.29, 1.82) is 0 Å². The number of aryl methyl sites for hydroxylation is 7. The van der Waals surface area contributed by atoms with E-state index in [1.807, 2.05) is 32.8 Å². The average molecular weight is 1250 g/mol. The van der Waals surface area contributed by atoms with Crippen LogP contribution in [0.2, 0.25) is 0 Å². The average Bonchev–Trinajstić information content (AvgIpc) is 1.99. The molecule has 10 amide bonds. The van der Waals surface area contributed by atoms with Gasteiger partial charge < -0.3 is 94.6 Å². The molecule has 0 unspecified atom stereocenters. The van der Waals surface area contributed by atoms with Crippen molar-refractivity contribution in [1.82, 2.24) is 67.4 Å². The van der Waals surface area contributed by atoms with Crippen LogP contribution in [0.15, 0.2) is 92.2 Å². The fourth-order valence-corrected chi connectivity index (χ4v) is 9.79. The lowest BCUT2D eigenvalue weighted by molar-refractivity contribution is -0.121. The SMILES string of the molecule is CC(C)n1ccnc1C(=O)Nc1cc(C(=O)Nc2cc(C(=O)Nc3cc(C(=O)NCCCC(=O)Nc4cn(C)c(C(=O)Nc5cc(C(=O)Nc6cc(C(=O)Nc7cc(C(=O)NCCC(=O)NCCCN(C)C)n(C)c7)n(C)c6)n(C)c5)n4)n(C)c3)n(C)c2)n(C)c1. The zero-order valence-corrected chi connectivity index (χ0v) is 52.4. The normalized spacial score (nSPS) is 11.1. The first-order valence-corrected chi connectivity index (χ1v) is 28.9.